The number of pyridine rings is 1. The van der Waals surface area contributed by atoms with Crippen LogP contribution in [0.1, 0.15) is 35.6 Å². The Labute approximate surface area is 163 Å². The molecule has 0 aliphatic heterocycles. The second-order valence-electron chi connectivity index (χ2n) is 7.43. The molecule has 7 heteroatoms. The van der Waals surface area contributed by atoms with Crippen LogP contribution in [0.25, 0.3) is 11.4 Å². The first-order valence-electron chi connectivity index (χ1n) is 9.41. The second-order valence-corrected chi connectivity index (χ2v) is 7.43. The molecule has 3 aromatic rings. The highest BCUT2D eigenvalue weighted by atomic mass is 16.2. The first-order chi connectivity index (χ1) is 13.4. The molecule has 1 aromatic carbocycles. The molecule has 0 atom stereocenters. The fourth-order valence-corrected chi connectivity index (χ4v) is 3.57. The highest BCUT2D eigenvalue weighted by Crippen LogP contribution is 2.36. The lowest BCUT2D eigenvalue weighted by molar-refractivity contribution is -0.117. The van der Waals surface area contributed by atoms with Crippen LogP contribution in [0.4, 0.5) is 5.69 Å². The standard InChI is InChI=1S/C21H23N5O2/c1-13-9-14(2)19(15(3)10-13)23-18(27)12-25-21(28)26(17-6-7-17)20(24-25)16-5-4-8-22-11-16/h4-5,8-11,17H,6-7,12H2,1-3H3,(H,23,27). The fraction of sp³-hybridized carbons (Fsp3) is 0.333. The Kier molecular flexibility index (Phi) is 4.58. The summed E-state index contributed by atoms with van der Waals surface area (Å²) in [5.74, 6) is 0.298. The largest absolute Gasteiger partial charge is 0.346 e. The zero-order valence-corrected chi connectivity index (χ0v) is 16.3. The average molecular weight is 377 g/mol. The third kappa shape index (κ3) is 3.47. The fourth-order valence-electron chi connectivity index (χ4n) is 3.57. The summed E-state index contributed by atoms with van der Waals surface area (Å²) >= 11 is 0. The van der Waals surface area contributed by atoms with Crippen LogP contribution >= 0.6 is 0 Å². The second kappa shape index (κ2) is 7.07. The first-order valence-corrected chi connectivity index (χ1v) is 9.41. The molecule has 28 heavy (non-hydrogen) atoms. The van der Waals surface area contributed by atoms with Gasteiger partial charge in [0.05, 0.1) is 0 Å². The van der Waals surface area contributed by atoms with Gasteiger partial charge in [-0.2, -0.15) is 0 Å². The van der Waals surface area contributed by atoms with Crippen LogP contribution in [0.3, 0.4) is 0 Å². The summed E-state index contributed by atoms with van der Waals surface area (Å²) in [5, 5.41) is 7.38. The predicted molar refractivity (Wildman–Crippen MR) is 107 cm³/mol. The van der Waals surface area contributed by atoms with Crippen LogP contribution in [-0.4, -0.2) is 25.2 Å². The molecule has 0 bridgehead atoms. The minimum absolute atomic E-state index is 0.126. The van der Waals surface area contributed by atoms with Gasteiger partial charge in [0.1, 0.15) is 6.54 Å². The number of amides is 1. The van der Waals surface area contributed by atoms with Crippen molar-refractivity contribution in [3.63, 3.8) is 0 Å². The molecule has 0 radical (unpaired) electrons. The molecule has 7 nitrogen and oxygen atoms in total. The minimum Gasteiger partial charge on any atom is -0.324 e. The highest BCUT2D eigenvalue weighted by Gasteiger charge is 2.30. The van der Waals surface area contributed by atoms with Gasteiger partial charge in [-0.25, -0.2) is 9.48 Å². The summed E-state index contributed by atoms with van der Waals surface area (Å²) in [7, 11) is 0. The molecule has 4 rings (SSSR count). The van der Waals surface area contributed by atoms with Gasteiger partial charge < -0.3 is 5.32 Å². The molecule has 1 amide bonds. The molecule has 1 saturated carbocycles. The lowest BCUT2D eigenvalue weighted by atomic mass is 10.1. The number of benzene rings is 1. The van der Waals surface area contributed by atoms with Crippen molar-refractivity contribution in [3.8, 4) is 11.4 Å². The van der Waals surface area contributed by atoms with Gasteiger partial charge in [0.15, 0.2) is 5.82 Å². The Bertz CT molecular complexity index is 1070. The summed E-state index contributed by atoms with van der Waals surface area (Å²) in [6, 6.07) is 7.89. The number of anilines is 1. The van der Waals surface area contributed by atoms with E-state index < -0.39 is 0 Å². The van der Waals surface area contributed by atoms with Gasteiger partial charge in [-0.05, 0) is 56.9 Å². The predicted octanol–water partition coefficient (Wildman–Crippen LogP) is 3.01. The molecule has 1 N–H and O–H groups in total. The Morgan fingerprint density at radius 3 is 2.54 bits per heavy atom. The van der Waals surface area contributed by atoms with Crippen molar-refractivity contribution in [1.82, 2.24) is 19.3 Å². The van der Waals surface area contributed by atoms with E-state index >= 15 is 0 Å². The number of carbonyl (C=O) groups excluding carboxylic acids is 1. The van der Waals surface area contributed by atoms with Gasteiger partial charge in [0, 0.05) is 29.7 Å². The number of hydrogen-bond donors (Lipinski definition) is 1. The van der Waals surface area contributed by atoms with Crippen molar-refractivity contribution in [1.29, 1.82) is 0 Å². The van der Waals surface area contributed by atoms with Gasteiger partial charge in [0.25, 0.3) is 0 Å². The lowest BCUT2D eigenvalue weighted by Gasteiger charge is -2.12. The van der Waals surface area contributed by atoms with Gasteiger partial charge >= 0.3 is 5.69 Å². The van der Waals surface area contributed by atoms with Gasteiger partial charge in [-0.15, -0.1) is 5.10 Å². The van der Waals surface area contributed by atoms with E-state index in [-0.39, 0.29) is 24.2 Å². The van der Waals surface area contributed by atoms with Crippen LogP contribution in [0, 0.1) is 20.8 Å². The smallest absolute Gasteiger partial charge is 0.324 e. The maximum atomic E-state index is 12.9. The number of nitrogens with one attached hydrogen (secondary N) is 1. The van der Waals surface area contributed by atoms with Crippen molar-refractivity contribution in [2.24, 2.45) is 0 Å². The Balaban J connectivity index is 1.62. The summed E-state index contributed by atoms with van der Waals surface area (Å²) in [4.78, 5) is 29.6. The van der Waals surface area contributed by atoms with E-state index in [9.17, 15) is 9.59 Å². The van der Waals surface area contributed by atoms with E-state index in [4.69, 9.17) is 0 Å². The SMILES string of the molecule is Cc1cc(C)c(NC(=O)Cn2nc(-c3cccnc3)n(C3CC3)c2=O)c(C)c1. The molecule has 2 aromatic heterocycles. The van der Waals surface area contributed by atoms with Gasteiger partial charge in [-0.1, -0.05) is 17.7 Å². The lowest BCUT2D eigenvalue weighted by Crippen LogP contribution is -2.30. The quantitative estimate of drug-likeness (QED) is 0.741. The first kappa shape index (κ1) is 18.2. The Morgan fingerprint density at radius 2 is 1.93 bits per heavy atom. The highest BCUT2D eigenvalue weighted by molar-refractivity contribution is 5.92. The maximum Gasteiger partial charge on any atom is 0.346 e. The summed E-state index contributed by atoms with van der Waals surface area (Å²) < 4.78 is 2.93. The zero-order chi connectivity index (χ0) is 19.8. The molecular formula is C21H23N5O2. The van der Waals surface area contributed by atoms with E-state index in [1.54, 1.807) is 17.0 Å². The summed E-state index contributed by atoms with van der Waals surface area (Å²) in [5.41, 5.74) is 4.45. The van der Waals surface area contributed by atoms with Gasteiger partial charge in [0.2, 0.25) is 5.91 Å². The van der Waals surface area contributed by atoms with Crippen molar-refractivity contribution in [2.75, 3.05) is 5.32 Å². The van der Waals surface area contributed by atoms with E-state index in [1.165, 1.54) is 4.68 Å². The average Bonchev–Trinajstić information content (AvgIpc) is 3.44. The number of rotatable bonds is 5. The molecule has 2 heterocycles. The normalized spacial score (nSPS) is 13.5. The molecule has 1 aliphatic carbocycles. The van der Waals surface area contributed by atoms with E-state index in [0.717, 1.165) is 40.8 Å². The molecule has 144 valence electrons. The van der Waals surface area contributed by atoms with Crippen LogP contribution in [-0.2, 0) is 11.3 Å². The van der Waals surface area contributed by atoms with Crippen LogP contribution in [0.5, 0.6) is 0 Å². The maximum absolute atomic E-state index is 12.9. The summed E-state index contributed by atoms with van der Waals surface area (Å²) in [6.07, 6.45) is 5.27. The zero-order valence-electron chi connectivity index (χ0n) is 16.3. The van der Waals surface area contributed by atoms with Crippen LogP contribution in [0.2, 0.25) is 0 Å². The van der Waals surface area contributed by atoms with Crippen LogP contribution in [0.15, 0.2) is 41.5 Å². The van der Waals surface area contributed by atoms with Crippen molar-refractivity contribution in [3.05, 3.63) is 63.8 Å². The minimum atomic E-state index is -0.268. The number of nitrogens with zero attached hydrogens (tertiary/aromatic N) is 4. The molecule has 1 fully saturated rings. The van der Waals surface area contributed by atoms with E-state index in [0.29, 0.717) is 5.82 Å². The third-order valence-corrected chi connectivity index (χ3v) is 4.94. The topological polar surface area (TPSA) is 81.8 Å². The number of aromatic nitrogens is 4. The Morgan fingerprint density at radius 1 is 1.21 bits per heavy atom. The molecule has 0 spiro atoms. The molecule has 0 unspecified atom stereocenters. The molecule has 0 saturated heterocycles. The molecule has 1 aliphatic rings. The monoisotopic (exact) mass is 377 g/mol. The number of carbonyl (C=O) groups is 1. The van der Waals surface area contributed by atoms with Gasteiger partial charge in [-0.3, -0.25) is 14.3 Å². The van der Waals surface area contributed by atoms with Crippen molar-refractivity contribution in [2.45, 2.75) is 46.2 Å². The van der Waals surface area contributed by atoms with E-state index in [2.05, 4.69) is 15.4 Å². The number of aryl methyl sites for hydroxylation is 3. The van der Waals surface area contributed by atoms with Crippen molar-refractivity contribution >= 4 is 11.6 Å². The Hall–Kier alpha value is -3.22. The van der Waals surface area contributed by atoms with Crippen molar-refractivity contribution < 1.29 is 4.79 Å². The van der Waals surface area contributed by atoms with E-state index in [1.807, 2.05) is 45.0 Å². The van der Waals surface area contributed by atoms with Crippen LogP contribution < -0.4 is 11.0 Å². The summed E-state index contributed by atoms with van der Waals surface area (Å²) in [6.45, 7) is 5.82. The molecular weight excluding hydrogens is 354 g/mol. The number of hydrogen-bond acceptors (Lipinski definition) is 4. The third-order valence-electron chi connectivity index (χ3n) is 4.94.